The van der Waals surface area contributed by atoms with Crippen molar-refractivity contribution in [1.82, 2.24) is 0 Å². The highest BCUT2D eigenvalue weighted by Gasteiger charge is 2.34. The molecule has 114 valence electrons. The van der Waals surface area contributed by atoms with Crippen molar-refractivity contribution in [1.29, 1.82) is 0 Å². The van der Waals surface area contributed by atoms with Gasteiger partial charge in [-0.25, -0.2) is 9.78 Å². The summed E-state index contributed by atoms with van der Waals surface area (Å²) in [5.41, 5.74) is 11.1. The van der Waals surface area contributed by atoms with Crippen LogP contribution in [-0.4, -0.2) is 54.4 Å². The maximum absolute atomic E-state index is 5.93. The minimum Gasteiger partial charge on any atom is -0.398 e. The van der Waals surface area contributed by atoms with Crippen molar-refractivity contribution < 1.29 is 23.4 Å². The summed E-state index contributed by atoms with van der Waals surface area (Å²) < 4.78 is 16.5. The van der Waals surface area contributed by atoms with E-state index in [1.165, 1.54) is 0 Å². The molecule has 1 fully saturated rings. The molecule has 1 aliphatic heterocycles. The third-order valence-corrected chi connectivity index (χ3v) is 5.77. The molecule has 0 aromatic heterocycles. The van der Waals surface area contributed by atoms with Crippen molar-refractivity contribution in [3.8, 4) is 0 Å². The summed E-state index contributed by atoms with van der Waals surface area (Å²) in [4.78, 5) is 10.4. The van der Waals surface area contributed by atoms with Gasteiger partial charge in [0, 0.05) is 13.5 Å². The Balaban J connectivity index is 2.33. The number of rotatable bonds is 12. The van der Waals surface area contributed by atoms with Gasteiger partial charge in [0.1, 0.15) is 12.7 Å². The molecule has 0 aromatic carbocycles. The van der Waals surface area contributed by atoms with E-state index in [4.69, 9.17) is 34.8 Å². The number of hydrogen-bond acceptors (Lipinski definition) is 7. The van der Waals surface area contributed by atoms with E-state index in [1.807, 2.05) is 6.55 Å². The largest absolute Gasteiger partial charge is 0.398 e. The fraction of sp³-hybridized carbons (Fsp3) is 1.00. The molecule has 1 heterocycles. The molecule has 0 amide bonds. The van der Waals surface area contributed by atoms with Crippen LogP contribution >= 0.6 is 0 Å². The zero-order chi connectivity index (χ0) is 14.1. The van der Waals surface area contributed by atoms with E-state index in [0.717, 1.165) is 19.1 Å². The van der Waals surface area contributed by atoms with Crippen LogP contribution in [-0.2, 0) is 23.4 Å². The van der Waals surface area contributed by atoms with Crippen LogP contribution in [0.3, 0.4) is 0 Å². The Morgan fingerprint density at radius 3 is 2.63 bits per heavy atom. The smallest absolute Gasteiger partial charge is 0.336 e. The molecule has 0 radical (unpaired) electrons. The molecule has 1 saturated heterocycles. The summed E-state index contributed by atoms with van der Waals surface area (Å²) >= 11 is 0. The molecule has 7 nitrogen and oxygen atoms in total. The molecular weight excluding hydrogens is 268 g/mol. The maximum Gasteiger partial charge on any atom is 0.336 e. The average molecular weight is 294 g/mol. The molecule has 0 aromatic rings. The molecule has 3 atom stereocenters. The third kappa shape index (κ3) is 7.33. The molecule has 0 saturated carbocycles. The molecule has 0 bridgehead atoms. The van der Waals surface area contributed by atoms with Gasteiger partial charge in [0.25, 0.3) is 0 Å². The highest BCUT2D eigenvalue weighted by Crippen LogP contribution is 2.19. The fourth-order valence-electron chi connectivity index (χ4n) is 1.53. The number of hydrogen-bond donors (Lipinski definition) is 2. The fourth-order valence-corrected chi connectivity index (χ4v) is 3.51. The maximum atomic E-state index is 5.93. The van der Waals surface area contributed by atoms with E-state index in [-0.39, 0.29) is 6.10 Å². The van der Waals surface area contributed by atoms with Gasteiger partial charge in [0.05, 0.1) is 6.61 Å². The zero-order valence-electron chi connectivity index (χ0n) is 11.8. The van der Waals surface area contributed by atoms with E-state index in [0.29, 0.717) is 26.1 Å². The molecule has 8 heteroatoms. The van der Waals surface area contributed by atoms with Crippen LogP contribution in [0, 0.1) is 0 Å². The second kappa shape index (κ2) is 8.98. The molecule has 19 heavy (non-hydrogen) atoms. The van der Waals surface area contributed by atoms with Crippen LogP contribution in [0.1, 0.15) is 12.8 Å². The third-order valence-electron chi connectivity index (χ3n) is 2.88. The first-order valence-corrected chi connectivity index (χ1v) is 9.19. The second-order valence-electron chi connectivity index (χ2n) is 4.69. The Kier molecular flexibility index (Phi) is 8.03. The number of epoxide rings is 1. The van der Waals surface area contributed by atoms with Gasteiger partial charge in [-0.15, -0.1) is 0 Å². The monoisotopic (exact) mass is 294 g/mol. The van der Waals surface area contributed by atoms with Gasteiger partial charge >= 0.3 is 8.56 Å². The summed E-state index contributed by atoms with van der Waals surface area (Å²) in [6.07, 6.45) is 1.07. The van der Waals surface area contributed by atoms with Gasteiger partial charge in [-0.3, -0.25) is 0 Å². The topological polar surface area (TPSA) is 101 Å². The standard InChI is InChI=1S/C11H26N2O5Si/c1-14-19(2,7-3-5-12)18-11(4-6-13)17-16-9-10-8-15-10/h10-11H,3-9,12-13H2,1-2H3. The Labute approximate surface area is 115 Å². The molecule has 1 rings (SSSR count). The lowest BCUT2D eigenvalue weighted by Crippen LogP contribution is -2.43. The normalized spacial score (nSPS) is 23.1. The number of nitrogens with two attached hydrogens (primary N) is 2. The lowest BCUT2D eigenvalue weighted by Gasteiger charge is -2.29. The molecule has 0 aliphatic carbocycles. The van der Waals surface area contributed by atoms with Gasteiger partial charge in [-0.1, -0.05) is 0 Å². The van der Waals surface area contributed by atoms with Crippen molar-refractivity contribution in [3.63, 3.8) is 0 Å². The first-order valence-electron chi connectivity index (χ1n) is 6.66. The van der Waals surface area contributed by atoms with Gasteiger partial charge in [-0.2, -0.15) is 0 Å². The van der Waals surface area contributed by atoms with Crippen molar-refractivity contribution >= 4 is 8.56 Å². The van der Waals surface area contributed by atoms with Crippen LogP contribution in [0.25, 0.3) is 0 Å². The quantitative estimate of drug-likeness (QED) is 0.173. The first-order chi connectivity index (χ1) is 9.13. The predicted octanol–water partition coefficient (Wildman–Crippen LogP) is 0.0921. The molecule has 3 unspecified atom stereocenters. The van der Waals surface area contributed by atoms with Crippen LogP contribution < -0.4 is 11.5 Å². The molecule has 1 aliphatic rings. The lowest BCUT2D eigenvalue weighted by molar-refractivity contribution is -0.367. The van der Waals surface area contributed by atoms with E-state index in [2.05, 4.69) is 0 Å². The first kappa shape index (κ1) is 17.0. The molecule has 4 N–H and O–H groups in total. The zero-order valence-corrected chi connectivity index (χ0v) is 12.8. The van der Waals surface area contributed by atoms with Crippen molar-refractivity contribution in [2.24, 2.45) is 11.5 Å². The minimum atomic E-state index is -2.28. The van der Waals surface area contributed by atoms with E-state index >= 15 is 0 Å². The van der Waals surface area contributed by atoms with Gasteiger partial charge in [0.15, 0.2) is 6.29 Å². The van der Waals surface area contributed by atoms with E-state index < -0.39 is 14.9 Å². The van der Waals surface area contributed by atoms with Crippen molar-refractivity contribution in [3.05, 3.63) is 0 Å². The summed E-state index contributed by atoms with van der Waals surface area (Å²) in [7, 11) is -0.624. The van der Waals surface area contributed by atoms with E-state index in [1.54, 1.807) is 7.11 Å². The van der Waals surface area contributed by atoms with Gasteiger partial charge in [-0.05, 0) is 32.1 Å². The Morgan fingerprint density at radius 2 is 2.11 bits per heavy atom. The van der Waals surface area contributed by atoms with Crippen LogP contribution in [0.15, 0.2) is 0 Å². The molecular formula is C11H26N2O5Si. The Morgan fingerprint density at radius 1 is 1.37 bits per heavy atom. The van der Waals surface area contributed by atoms with Crippen molar-refractivity contribution in [2.45, 2.75) is 37.8 Å². The predicted molar refractivity (Wildman–Crippen MR) is 72.4 cm³/mol. The Bertz CT molecular complexity index is 245. The highest BCUT2D eigenvalue weighted by molar-refractivity contribution is 6.66. The van der Waals surface area contributed by atoms with Gasteiger partial charge in [0.2, 0.25) is 0 Å². The average Bonchev–Trinajstić information content (AvgIpc) is 3.21. The SMILES string of the molecule is CO[Si](C)(CCCN)OC(CCN)OOCC1CO1. The lowest BCUT2D eigenvalue weighted by atomic mass is 10.4. The summed E-state index contributed by atoms with van der Waals surface area (Å²) in [5.74, 6) is 0. The summed E-state index contributed by atoms with van der Waals surface area (Å²) in [6, 6.07) is 0.816. The van der Waals surface area contributed by atoms with Crippen molar-refractivity contribution in [2.75, 3.05) is 33.4 Å². The second-order valence-corrected chi connectivity index (χ2v) is 8.10. The Hall–Kier alpha value is -0.0631. The van der Waals surface area contributed by atoms with Crippen LogP contribution in [0.2, 0.25) is 12.6 Å². The van der Waals surface area contributed by atoms with E-state index in [9.17, 15) is 0 Å². The molecule has 0 spiro atoms. The highest BCUT2D eigenvalue weighted by atomic mass is 28.4. The van der Waals surface area contributed by atoms with Gasteiger partial charge < -0.3 is 25.1 Å². The summed E-state index contributed by atoms with van der Waals surface area (Å²) in [6.45, 7) is 4.21. The number of ether oxygens (including phenoxy) is 1. The summed E-state index contributed by atoms with van der Waals surface area (Å²) in [5, 5.41) is 0. The van der Waals surface area contributed by atoms with Crippen LogP contribution in [0.5, 0.6) is 0 Å². The van der Waals surface area contributed by atoms with Crippen LogP contribution in [0.4, 0.5) is 0 Å². The minimum absolute atomic E-state index is 0.154.